The molecule has 1 fully saturated rings. The molecule has 0 bridgehead atoms. The highest BCUT2D eigenvalue weighted by Crippen LogP contribution is 2.35. The van der Waals surface area contributed by atoms with E-state index in [-0.39, 0.29) is 0 Å². The highest BCUT2D eigenvalue weighted by molar-refractivity contribution is 8.00. The van der Waals surface area contributed by atoms with Crippen LogP contribution in [-0.4, -0.2) is 35.3 Å². The maximum atomic E-state index is 9.00. The largest absolute Gasteiger partial charge is 0.360 e. The Labute approximate surface area is 117 Å². The van der Waals surface area contributed by atoms with Gasteiger partial charge in [-0.25, -0.2) is 0 Å². The number of thioether (sulfide) groups is 1. The number of hydrogen-bond acceptors (Lipinski definition) is 3. The second kappa shape index (κ2) is 5.28. The summed E-state index contributed by atoms with van der Waals surface area (Å²) in [6.45, 7) is 2.37. The van der Waals surface area contributed by atoms with Crippen molar-refractivity contribution >= 4 is 22.7 Å². The molecule has 0 amide bonds. The number of nitrogens with one attached hydrogen (secondary N) is 1. The number of aromatic amines is 1. The van der Waals surface area contributed by atoms with E-state index in [9.17, 15) is 0 Å². The number of piperidine rings is 1. The zero-order valence-electron chi connectivity index (χ0n) is 11.0. The lowest BCUT2D eigenvalue weighted by molar-refractivity contribution is 0.282. The van der Waals surface area contributed by atoms with Crippen LogP contribution in [0.4, 0.5) is 0 Å². The molecule has 98 valence electrons. The van der Waals surface area contributed by atoms with Crippen molar-refractivity contribution in [2.75, 3.05) is 20.1 Å². The Balaban J connectivity index is 1.83. The minimum absolute atomic E-state index is 0.695. The number of nitriles is 1. The molecule has 0 aliphatic carbocycles. The summed E-state index contributed by atoms with van der Waals surface area (Å²) in [7, 11) is 2.19. The molecule has 0 spiro atoms. The van der Waals surface area contributed by atoms with Crippen LogP contribution in [0.5, 0.6) is 0 Å². The monoisotopic (exact) mass is 271 g/mol. The fraction of sp³-hybridized carbons (Fsp3) is 0.400. The molecule has 4 heteroatoms. The summed E-state index contributed by atoms with van der Waals surface area (Å²) in [5.74, 6) is 0. The molecule has 0 unspecified atom stereocenters. The van der Waals surface area contributed by atoms with Gasteiger partial charge in [0.1, 0.15) is 0 Å². The number of rotatable bonds is 2. The molecule has 1 N–H and O–H groups in total. The number of H-pyrrole nitrogens is 1. The van der Waals surface area contributed by atoms with Crippen molar-refractivity contribution in [3.8, 4) is 6.07 Å². The fourth-order valence-electron chi connectivity index (χ4n) is 2.54. The summed E-state index contributed by atoms with van der Waals surface area (Å²) in [4.78, 5) is 6.97. The molecule has 3 rings (SSSR count). The number of aromatic nitrogens is 1. The SMILES string of the molecule is CN1CCC(Sc2c[nH]c3ccc(C#N)cc23)CC1. The summed E-state index contributed by atoms with van der Waals surface area (Å²) < 4.78 is 0. The van der Waals surface area contributed by atoms with Gasteiger partial charge in [0.15, 0.2) is 0 Å². The van der Waals surface area contributed by atoms with Crippen molar-refractivity contribution in [1.29, 1.82) is 5.26 Å². The minimum Gasteiger partial charge on any atom is -0.360 e. The van der Waals surface area contributed by atoms with E-state index in [0.29, 0.717) is 5.25 Å². The first kappa shape index (κ1) is 12.6. The first-order chi connectivity index (χ1) is 9.26. The number of likely N-dealkylation sites (tertiary alicyclic amines) is 1. The summed E-state index contributed by atoms with van der Waals surface area (Å²) in [6.07, 6.45) is 4.56. The third kappa shape index (κ3) is 2.63. The third-order valence-corrected chi connectivity index (χ3v) is 5.13. The molecular formula is C15H17N3S. The van der Waals surface area contributed by atoms with Crippen molar-refractivity contribution < 1.29 is 0 Å². The van der Waals surface area contributed by atoms with Gasteiger partial charge in [0.05, 0.1) is 11.6 Å². The molecule has 3 nitrogen and oxygen atoms in total. The van der Waals surface area contributed by atoms with E-state index >= 15 is 0 Å². The zero-order valence-corrected chi connectivity index (χ0v) is 11.8. The molecule has 19 heavy (non-hydrogen) atoms. The van der Waals surface area contributed by atoms with Crippen molar-refractivity contribution in [1.82, 2.24) is 9.88 Å². The van der Waals surface area contributed by atoms with Crippen molar-refractivity contribution in [3.63, 3.8) is 0 Å². The molecule has 0 atom stereocenters. The minimum atomic E-state index is 0.695. The van der Waals surface area contributed by atoms with E-state index in [4.69, 9.17) is 5.26 Å². The average molecular weight is 271 g/mol. The molecule has 1 aliphatic heterocycles. The smallest absolute Gasteiger partial charge is 0.0991 e. The van der Waals surface area contributed by atoms with Crippen LogP contribution in [0.3, 0.4) is 0 Å². The Morgan fingerprint density at radius 3 is 2.89 bits per heavy atom. The van der Waals surface area contributed by atoms with Crippen LogP contribution < -0.4 is 0 Å². The predicted octanol–water partition coefficient (Wildman–Crippen LogP) is 3.23. The first-order valence-corrected chi connectivity index (χ1v) is 7.50. The number of fused-ring (bicyclic) bond motifs is 1. The van der Waals surface area contributed by atoms with Crippen molar-refractivity contribution in [2.45, 2.75) is 23.0 Å². The summed E-state index contributed by atoms with van der Waals surface area (Å²) in [6, 6.07) is 8.06. The van der Waals surface area contributed by atoms with Crippen LogP contribution in [0.15, 0.2) is 29.3 Å². The Kier molecular flexibility index (Phi) is 3.50. The number of hydrogen-bond donors (Lipinski definition) is 1. The topological polar surface area (TPSA) is 42.8 Å². The zero-order chi connectivity index (χ0) is 13.2. The lowest BCUT2D eigenvalue weighted by Crippen LogP contribution is -2.31. The van der Waals surface area contributed by atoms with Crippen LogP contribution in [0.25, 0.3) is 10.9 Å². The van der Waals surface area contributed by atoms with Gasteiger partial charge in [0, 0.05) is 27.2 Å². The third-order valence-electron chi connectivity index (χ3n) is 3.73. The molecular weight excluding hydrogens is 254 g/mol. The fourth-order valence-corrected chi connectivity index (χ4v) is 3.77. The molecule has 1 aromatic heterocycles. The van der Waals surface area contributed by atoms with Crippen LogP contribution in [-0.2, 0) is 0 Å². The van der Waals surface area contributed by atoms with Crippen LogP contribution >= 0.6 is 11.8 Å². The van der Waals surface area contributed by atoms with E-state index in [1.54, 1.807) is 0 Å². The summed E-state index contributed by atoms with van der Waals surface area (Å²) >= 11 is 1.95. The van der Waals surface area contributed by atoms with Crippen LogP contribution in [0.2, 0.25) is 0 Å². The normalized spacial score (nSPS) is 17.7. The van der Waals surface area contributed by atoms with Gasteiger partial charge in [-0.3, -0.25) is 0 Å². The number of benzene rings is 1. The van der Waals surface area contributed by atoms with Crippen molar-refractivity contribution in [3.05, 3.63) is 30.0 Å². The van der Waals surface area contributed by atoms with E-state index in [0.717, 1.165) is 11.1 Å². The molecule has 2 heterocycles. The number of nitrogens with zero attached hydrogens (tertiary/aromatic N) is 2. The van der Waals surface area contributed by atoms with Gasteiger partial charge >= 0.3 is 0 Å². The molecule has 0 radical (unpaired) electrons. The van der Waals surface area contributed by atoms with Gasteiger partial charge in [-0.2, -0.15) is 5.26 Å². The van der Waals surface area contributed by atoms with Gasteiger partial charge < -0.3 is 9.88 Å². The Hall–Kier alpha value is -1.44. The van der Waals surface area contributed by atoms with Gasteiger partial charge in [0.2, 0.25) is 0 Å². The van der Waals surface area contributed by atoms with E-state index < -0.39 is 0 Å². The second-order valence-electron chi connectivity index (χ2n) is 5.15. The van der Waals surface area contributed by atoms with Crippen LogP contribution in [0, 0.1) is 11.3 Å². The predicted molar refractivity (Wildman–Crippen MR) is 79.4 cm³/mol. The lowest BCUT2D eigenvalue weighted by Gasteiger charge is -2.28. The van der Waals surface area contributed by atoms with Gasteiger partial charge in [-0.15, -0.1) is 11.8 Å². The summed E-state index contributed by atoms with van der Waals surface area (Å²) in [5.41, 5.74) is 1.85. The standard InChI is InChI=1S/C15H17N3S/c1-18-6-4-12(5-7-18)19-15-10-17-14-3-2-11(9-16)8-13(14)15/h2-3,8,10,12,17H,4-7H2,1H3. The maximum absolute atomic E-state index is 9.00. The molecule has 1 aliphatic rings. The second-order valence-corrected chi connectivity index (χ2v) is 6.49. The van der Waals surface area contributed by atoms with E-state index in [2.05, 4.69) is 29.2 Å². The van der Waals surface area contributed by atoms with E-state index in [1.807, 2.05) is 30.0 Å². The van der Waals surface area contributed by atoms with Crippen molar-refractivity contribution in [2.24, 2.45) is 0 Å². The Morgan fingerprint density at radius 1 is 1.37 bits per heavy atom. The Bertz CT molecular complexity index is 618. The van der Waals surface area contributed by atoms with Crippen LogP contribution in [0.1, 0.15) is 18.4 Å². The highest BCUT2D eigenvalue weighted by atomic mass is 32.2. The molecule has 0 saturated carbocycles. The highest BCUT2D eigenvalue weighted by Gasteiger charge is 2.19. The lowest BCUT2D eigenvalue weighted by atomic mass is 10.1. The Morgan fingerprint density at radius 2 is 2.16 bits per heavy atom. The molecule has 1 aromatic carbocycles. The maximum Gasteiger partial charge on any atom is 0.0991 e. The van der Waals surface area contributed by atoms with E-state index in [1.165, 1.54) is 36.2 Å². The van der Waals surface area contributed by atoms with Gasteiger partial charge in [-0.1, -0.05) is 0 Å². The van der Waals surface area contributed by atoms with Gasteiger partial charge in [0.25, 0.3) is 0 Å². The molecule has 1 saturated heterocycles. The first-order valence-electron chi connectivity index (χ1n) is 6.62. The van der Waals surface area contributed by atoms with Gasteiger partial charge in [-0.05, 0) is 51.2 Å². The summed E-state index contributed by atoms with van der Waals surface area (Å²) in [5, 5.41) is 10.9. The molecule has 2 aromatic rings. The average Bonchev–Trinajstić information content (AvgIpc) is 2.84. The quantitative estimate of drug-likeness (QED) is 0.912.